The van der Waals surface area contributed by atoms with Gasteiger partial charge < -0.3 is 10.2 Å². The second-order valence-electron chi connectivity index (χ2n) is 7.82. The van der Waals surface area contributed by atoms with Crippen molar-refractivity contribution in [1.29, 1.82) is 0 Å². The molecule has 0 aromatic heterocycles. The summed E-state index contributed by atoms with van der Waals surface area (Å²) in [6.45, 7) is 4.40. The number of aliphatic hydroxyl groups is 2. The first-order valence-electron chi connectivity index (χ1n) is 10.6. The van der Waals surface area contributed by atoms with Gasteiger partial charge in [-0.3, -0.25) is 0 Å². The molecule has 0 spiro atoms. The summed E-state index contributed by atoms with van der Waals surface area (Å²) in [5.74, 6) is 0.481. The third kappa shape index (κ3) is 9.39. The van der Waals surface area contributed by atoms with Crippen LogP contribution in [0.4, 0.5) is 0 Å². The Balaban J connectivity index is 4.58. The van der Waals surface area contributed by atoms with Crippen LogP contribution < -0.4 is 0 Å². The summed E-state index contributed by atoms with van der Waals surface area (Å²) in [6.07, 6.45) is 17.0. The van der Waals surface area contributed by atoms with Gasteiger partial charge in [0.2, 0.25) is 0 Å². The highest BCUT2D eigenvalue weighted by molar-refractivity contribution is 7.82. The Bertz CT molecular complexity index is 269. The topological polar surface area (TPSA) is 40.5 Å². The van der Waals surface area contributed by atoms with Crippen molar-refractivity contribution in [3.63, 3.8) is 0 Å². The number of rotatable bonds is 18. The average molecular weight is 393 g/mol. The third-order valence-corrected chi connectivity index (χ3v) is 7.31. The molecule has 2 N–H and O–H groups in total. The highest BCUT2D eigenvalue weighted by Crippen LogP contribution is 2.45. The highest BCUT2D eigenvalue weighted by atomic mass is 32.1. The predicted molar refractivity (Wildman–Crippen MR) is 118 cm³/mol. The second-order valence-corrected chi connectivity index (χ2v) is 8.99. The van der Waals surface area contributed by atoms with Crippen LogP contribution in [0.5, 0.6) is 0 Å². The van der Waals surface area contributed by atoms with Gasteiger partial charge in [-0.25, -0.2) is 0 Å². The molecule has 0 rings (SSSR count). The summed E-state index contributed by atoms with van der Waals surface area (Å²) in [6, 6.07) is 0. The maximum absolute atomic E-state index is 10.00. The SMILES string of the molecule is CCCCCCCCC(S)(CCCCCCCC)C(CO)(CO)CS. The minimum Gasteiger partial charge on any atom is -0.396 e. The molecule has 0 aromatic carbocycles. The Morgan fingerprint density at radius 2 is 1.00 bits per heavy atom. The molecule has 0 atom stereocenters. The highest BCUT2D eigenvalue weighted by Gasteiger charge is 2.46. The first kappa shape index (κ1) is 25.6. The van der Waals surface area contributed by atoms with Crippen molar-refractivity contribution < 1.29 is 10.2 Å². The monoisotopic (exact) mass is 392 g/mol. The Morgan fingerprint density at radius 3 is 1.32 bits per heavy atom. The number of thiol groups is 2. The second kappa shape index (κ2) is 15.7. The van der Waals surface area contributed by atoms with Crippen LogP contribution in [-0.2, 0) is 0 Å². The zero-order chi connectivity index (χ0) is 19.0. The fourth-order valence-electron chi connectivity index (χ4n) is 3.64. The van der Waals surface area contributed by atoms with E-state index >= 15 is 0 Å². The standard InChI is InChI=1S/C21H44O2S2/c1-3-5-7-9-11-13-15-21(25,20(17-22,18-23)19-24)16-14-12-10-8-6-4-2/h22-25H,3-19H2,1-2H3. The number of hydrogen-bond donors (Lipinski definition) is 4. The zero-order valence-electron chi connectivity index (χ0n) is 16.8. The maximum Gasteiger partial charge on any atom is 0.0530 e. The van der Waals surface area contributed by atoms with Crippen molar-refractivity contribution >= 4 is 25.3 Å². The van der Waals surface area contributed by atoms with Gasteiger partial charge in [-0.15, -0.1) is 0 Å². The van der Waals surface area contributed by atoms with Crippen LogP contribution in [0.2, 0.25) is 0 Å². The van der Waals surface area contributed by atoms with Crippen LogP contribution in [0.3, 0.4) is 0 Å². The molecule has 4 heteroatoms. The lowest BCUT2D eigenvalue weighted by atomic mass is 9.71. The minimum absolute atomic E-state index is 0.0395. The molecule has 0 aliphatic heterocycles. The maximum atomic E-state index is 10.00. The molecule has 0 bridgehead atoms. The largest absolute Gasteiger partial charge is 0.396 e. The van der Waals surface area contributed by atoms with Crippen molar-refractivity contribution in [2.45, 2.75) is 108 Å². The van der Waals surface area contributed by atoms with Gasteiger partial charge in [-0.05, 0) is 12.8 Å². The Labute approximate surface area is 168 Å². The molecule has 0 fully saturated rings. The van der Waals surface area contributed by atoms with Crippen molar-refractivity contribution in [3.8, 4) is 0 Å². The van der Waals surface area contributed by atoms with E-state index in [-0.39, 0.29) is 18.0 Å². The molecule has 0 saturated carbocycles. The van der Waals surface area contributed by atoms with Crippen molar-refractivity contribution in [1.82, 2.24) is 0 Å². The number of unbranched alkanes of at least 4 members (excludes halogenated alkanes) is 10. The predicted octanol–water partition coefficient (Wildman–Crippen LogP) is 6.06. The van der Waals surface area contributed by atoms with Gasteiger partial charge in [0.25, 0.3) is 0 Å². The quantitative estimate of drug-likeness (QED) is 0.169. The summed E-state index contributed by atoms with van der Waals surface area (Å²) in [4.78, 5) is 0. The van der Waals surface area contributed by atoms with Gasteiger partial charge in [0.05, 0.1) is 13.2 Å². The van der Waals surface area contributed by atoms with Gasteiger partial charge in [-0.1, -0.05) is 90.9 Å². The zero-order valence-corrected chi connectivity index (χ0v) is 18.6. The van der Waals surface area contributed by atoms with E-state index in [1.54, 1.807) is 0 Å². The lowest BCUT2D eigenvalue weighted by Crippen LogP contribution is -2.51. The van der Waals surface area contributed by atoms with Crippen molar-refractivity contribution in [2.24, 2.45) is 5.41 Å². The van der Waals surface area contributed by atoms with Gasteiger partial charge >= 0.3 is 0 Å². The molecule has 0 heterocycles. The third-order valence-electron chi connectivity index (χ3n) is 5.78. The van der Waals surface area contributed by atoms with Gasteiger partial charge in [0, 0.05) is 15.9 Å². The van der Waals surface area contributed by atoms with Gasteiger partial charge in [0.1, 0.15) is 0 Å². The molecule has 2 nitrogen and oxygen atoms in total. The summed E-state index contributed by atoms with van der Waals surface area (Å²) in [5, 5.41) is 20.0. The molecule has 0 radical (unpaired) electrons. The van der Waals surface area contributed by atoms with Gasteiger partial charge in [-0.2, -0.15) is 25.3 Å². The Morgan fingerprint density at radius 1 is 0.640 bits per heavy atom. The lowest BCUT2D eigenvalue weighted by Gasteiger charge is -2.46. The first-order valence-corrected chi connectivity index (χ1v) is 11.7. The van der Waals surface area contributed by atoms with E-state index in [1.807, 2.05) is 0 Å². The molecule has 0 aliphatic rings. The summed E-state index contributed by atoms with van der Waals surface area (Å²) < 4.78 is -0.326. The first-order chi connectivity index (χ1) is 12.1. The molecule has 0 amide bonds. The average Bonchev–Trinajstić information content (AvgIpc) is 2.63. The number of aliphatic hydroxyl groups excluding tert-OH is 2. The summed E-state index contributed by atoms with van der Waals surface area (Å²) in [7, 11) is 0. The molecule has 0 aliphatic carbocycles. The van der Waals surface area contributed by atoms with Crippen LogP contribution in [0.15, 0.2) is 0 Å². The van der Waals surface area contributed by atoms with E-state index in [1.165, 1.54) is 64.2 Å². The Hall–Kier alpha value is 0.620. The molecule has 0 unspecified atom stereocenters. The van der Waals surface area contributed by atoms with Crippen molar-refractivity contribution in [2.75, 3.05) is 19.0 Å². The molecule has 0 saturated heterocycles. The summed E-state index contributed by atoms with van der Waals surface area (Å²) in [5.41, 5.74) is -0.591. The van der Waals surface area contributed by atoms with Crippen molar-refractivity contribution in [3.05, 3.63) is 0 Å². The Kier molecular flexibility index (Phi) is 16.0. The smallest absolute Gasteiger partial charge is 0.0530 e. The van der Waals surface area contributed by atoms with Crippen LogP contribution in [0.25, 0.3) is 0 Å². The normalized spacial score (nSPS) is 12.7. The van der Waals surface area contributed by atoms with E-state index in [4.69, 9.17) is 12.6 Å². The minimum atomic E-state index is -0.591. The fourth-order valence-corrected chi connectivity index (χ4v) is 4.81. The molecule has 25 heavy (non-hydrogen) atoms. The van der Waals surface area contributed by atoms with Crippen LogP contribution in [0, 0.1) is 5.41 Å². The van der Waals surface area contributed by atoms with Crippen LogP contribution >= 0.6 is 25.3 Å². The van der Waals surface area contributed by atoms with E-state index in [2.05, 4.69) is 26.5 Å². The summed E-state index contributed by atoms with van der Waals surface area (Å²) >= 11 is 9.53. The van der Waals surface area contributed by atoms with E-state index in [0.29, 0.717) is 5.75 Å². The van der Waals surface area contributed by atoms with Crippen LogP contribution in [0.1, 0.15) is 104 Å². The van der Waals surface area contributed by atoms with Crippen LogP contribution in [-0.4, -0.2) is 33.9 Å². The van der Waals surface area contributed by atoms with E-state index < -0.39 is 5.41 Å². The van der Waals surface area contributed by atoms with E-state index in [0.717, 1.165) is 25.7 Å². The number of hydrogen-bond acceptors (Lipinski definition) is 4. The van der Waals surface area contributed by atoms with Gasteiger partial charge in [0.15, 0.2) is 0 Å². The fraction of sp³-hybridized carbons (Fsp3) is 1.00. The lowest BCUT2D eigenvalue weighted by molar-refractivity contribution is 0.0324. The molecule has 152 valence electrons. The molecular weight excluding hydrogens is 348 g/mol. The van der Waals surface area contributed by atoms with E-state index in [9.17, 15) is 10.2 Å². The molecular formula is C21H44O2S2. The molecule has 0 aromatic rings.